The Hall–Kier alpha value is -2.03. The van der Waals surface area contributed by atoms with Crippen molar-refractivity contribution in [3.8, 4) is 0 Å². The normalized spacial score (nSPS) is 26.8. The van der Waals surface area contributed by atoms with Crippen molar-refractivity contribution >= 4 is 15.8 Å². The van der Waals surface area contributed by atoms with Gasteiger partial charge in [0.2, 0.25) is 10.0 Å². The molecule has 2 heterocycles. The average molecular weight is 448 g/mol. The molecule has 0 amide bonds. The maximum absolute atomic E-state index is 14.4. The van der Waals surface area contributed by atoms with Gasteiger partial charge >= 0.3 is 0 Å². The van der Waals surface area contributed by atoms with Crippen molar-refractivity contribution in [3.63, 3.8) is 0 Å². The Morgan fingerprint density at radius 1 is 1.10 bits per heavy atom. The lowest BCUT2D eigenvalue weighted by Crippen LogP contribution is -2.48. The number of nitrogens with zero attached hydrogens (tertiary/aromatic N) is 2. The Morgan fingerprint density at radius 3 is 2.52 bits per heavy atom. The monoisotopic (exact) mass is 447 g/mol. The van der Waals surface area contributed by atoms with Crippen LogP contribution in [0.2, 0.25) is 0 Å². The largest absolute Gasteiger partial charge is 0.376 e. The van der Waals surface area contributed by atoms with Crippen LogP contribution in [0.5, 0.6) is 0 Å². The molecule has 1 aliphatic heterocycles. The van der Waals surface area contributed by atoms with E-state index in [1.165, 1.54) is 11.6 Å². The standard InChI is InChI=1S/C23H30FN3O3S/c1-31(28,29)26-21-13-15-27(23-20(24)8-5-14-25-23)22(21)16-30-19-11-9-18(10-12-19)17-6-3-2-4-7-17/h2-8,14,18-19,21-22,26H,9-13,15-16H2,1H3/t18?,19?,21-,22-/m0/s1. The number of rotatable bonds is 7. The summed E-state index contributed by atoms with van der Waals surface area (Å²) >= 11 is 0. The predicted octanol–water partition coefficient (Wildman–Crippen LogP) is 3.46. The molecule has 1 aromatic heterocycles. The third kappa shape index (κ3) is 5.61. The van der Waals surface area contributed by atoms with Crippen molar-refractivity contribution in [1.82, 2.24) is 9.71 Å². The van der Waals surface area contributed by atoms with Gasteiger partial charge in [0.25, 0.3) is 0 Å². The van der Waals surface area contributed by atoms with Gasteiger partial charge in [-0.15, -0.1) is 0 Å². The van der Waals surface area contributed by atoms with Crippen LogP contribution in [0.1, 0.15) is 43.6 Å². The van der Waals surface area contributed by atoms with Gasteiger partial charge in [-0.1, -0.05) is 30.3 Å². The Balaban J connectivity index is 1.40. The summed E-state index contributed by atoms with van der Waals surface area (Å²) in [6, 6.07) is 12.9. The highest BCUT2D eigenvalue weighted by atomic mass is 32.2. The first-order chi connectivity index (χ1) is 14.9. The second-order valence-electron chi connectivity index (χ2n) is 8.57. The lowest BCUT2D eigenvalue weighted by Gasteiger charge is -2.33. The van der Waals surface area contributed by atoms with Crippen molar-refractivity contribution in [2.75, 3.05) is 24.3 Å². The van der Waals surface area contributed by atoms with Gasteiger partial charge in [0.15, 0.2) is 11.6 Å². The zero-order valence-corrected chi connectivity index (χ0v) is 18.6. The predicted molar refractivity (Wildman–Crippen MR) is 119 cm³/mol. The van der Waals surface area contributed by atoms with Crippen molar-refractivity contribution in [3.05, 3.63) is 60.0 Å². The quantitative estimate of drug-likeness (QED) is 0.704. The molecule has 2 fully saturated rings. The van der Waals surface area contributed by atoms with Crippen molar-refractivity contribution < 1.29 is 17.5 Å². The van der Waals surface area contributed by atoms with Gasteiger partial charge in [-0.2, -0.15) is 0 Å². The van der Waals surface area contributed by atoms with Crippen LogP contribution in [0.25, 0.3) is 0 Å². The van der Waals surface area contributed by atoms with Crippen LogP contribution in [-0.2, 0) is 14.8 Å². The van der Waals surface area contributed by atoms with E-state index in [1.54, 1.807) is 12.3 Å². The van der Waals surface area contributed by atoms with E-state index >= 15 is 0 Å². The van der Waals surface area contributed by atoms with Gasteiger partial charge in [-0.05, 0) is 55.7 Å². The van der Waals surface area contributed by atoms with E-state index in [0.29, 0.717) is 25.5 Å². The summed E-state index contributed by atoms with van der Waals surface area (Å²) in [6.07, 6.45) is 7.50. The number of hydrogen-bond acceptors (Lipinski definition) is 5. The molecular formula is C23H30FN3O3S. The van der Waals surface area contributed by atoms with Gasteiger partial charge in [0, 0.05) is 18.8 Å². The van der Waals surface area contributed by atoms with Crippen molar-refractivity contribution in [1.29, 1.82) is 0 Å². The molecule has 1 aliphatic carbocycles. The van der Waals surface area contributed by atoms with Crippen LogP contribution in [-0.4, -0.2) is 51.0 Å². The number of ether oxygens (including phenoxy) is 1. The van der Waals surface area contributed by atoms with Crippen molar-refractivity contribution in [2.24, 2.45) is 0 Å². The molecule has 31 heavy (non-hydrogen) atoms. The van der Waals surface area contributed by atoms with Gasteiger partial charge in [-0.3, -0.25) is 0 Å². The fourth-order valence-electron chi connectivity index (χ4n) is 4.85. The molecule has 6 nitrogen and oxygen atoms in total. The summed E-state index contributed by atoms with van der Waals surface area (Å²) < 4.78 is 47.1. The Labute approximate surface area is 183 Å². The molecule has 0 bridgehead atoms. The topological polar surface area (TPSA) is 71.5 Å². The molecule has 0 unspecified atom stereocenters. The minimum Gasteiger partial charge on any atom is -0.376 e. The Kier molecular flexibility index (Phi) is 6.89. The molecule has 2 aromatic rings. The van der Waals surface area contributed by atoms with Gasteiger partial charge < -0.3 is 9.64 Å². The van der Waals surface area contributed by atoms with Gasteiger partial charge in [0.05, 0.1) is 25.0 Å². The third-order valence-electron chi connectivity index (χ3n) is 6.37. The number of hydrogen-bond donors (Lipinski definition) is 1. The first-order valence-corrected chi connectivity index (χ1v) is 12.8. The first kappa shape index (κ1) is 22.2. The minimum atomic E-state index is -3.38. The third-order valence-corrected chi connectivity index (χ3v) is 7.10. The lowest BCUT2D eigenvalue weighted by atomic mass is 9.83. The van der Waals surface area contributed by atoms with E-state index in [1.807, 2.05) is 11.0 Å². The summed E-state index contributed by atoms with van der Waals surface area (Å²) in [7, 11) is -3.38. The first-order valence-electron chi connectivity index (χ1n) is 10.9. The molecule has 0 spiro atoms. The molecule has 2 atom stereocenters. The molecule has 2 aliphatic rings. The number of aromatic nitrogens is 1. The maximum atomic E-state index is 14.4. The van der Waals surface area contributed by atoms with Gasteiger partial charge in [0.1, 0.15) is 0 Å². The Morgan fingerprint density at radius 2 is 1.84 bits per heavy atom. The number of anilines is 1. The van der Waals surface area contributed by atoms with Crippen LogP contribution in [0.15, 0.2) is 48.7 Å². The zero-order valence-electron chi connectivity index (χ0n) is 17.8. The molecule has 1 saturated carbocycles. The lowest BCUT2D eigenvalue weighted by molar-refractivity contribution is 0.0155. The number of halogens is 1. The number of nitrogens with one attached hydrogen (secondary N) is 1. The summed E-state index contributed by atoms with van der Waals surface area (Å²) in [5, 5.41) is 0. The van der Waals surface area contributed by atoms with Crippen LogP contribution in [0, 0.1) is 5.82 Å². The van der Waals surface area contributed by atoms with E-state index in [4.69, 9.17) is 4.74 Å². The van der Waals surface area contributed by atoms with E-state index < -0.39 is 15.8 Å². The average Bonchev–Trinajstić information content (AvgIpc) is 3.14. The van der Waals surface area contributed by atoms with E-state index in [-0.39, 0.29) is 24.0 Å². The molecule has 4 rings (SSSR count). The summed E-state index contributed by atoms with van der Waals surface area (Å²) in [5.41, 5.74) is 1.38. The molecule has 8 heteroatoms. The summed E-state index contributed by atoms with van der Waals surface area (Å²) in [4.78, 5) is 6.04. The number of sulfonamides is 1. The van der Waals surface area contributed by atoms with Crippen LogP contribution in [0.3, 0.4) is 0 Å². The second-order valence-corrected chi connectivity index (χ2v) is 10.4. The molecule has 168 valence electrons. The second kappa shape index (κ2) is 9.63. The summed E-state index contributed by atoms with van der Waals surface area (Å²) in [5.74, 6) is 0.406. The van der Waals surface area contributed by atoms with E-state index in [0.717, 1.165) is 31.9 Å². The zero-order chi connectivity index (χ0) is 21.8. The SMILES string of the molecule is CS(=O)(=O)N[C@H]1CCN(c2ncccc2F)[C@H]1COC1CCC(c2ccccc2)CC1. The fourth-order valence-corrected chi connectivity index (χ4v) is 5.67. The van der Waals surface area contributed by atoms with Crippen LogP contribution in [0.4, 0.5) is 10.2 Å². The highest BCUT2D eigenvalue weighted by molar-refractivity contribution is 7.88. The van der Waals surface area contributed by atoms with E-state index in [9.17, 15) is 12.8 Å². The molecule has 1 N–H and O–H groups in total. The maximum Gasteiger partial charge on any atom is 0.209 e. The van der Waals surface area contributed by atoms with E-state index in [2.05, 4.69) is 34.0 Å². The molecule has 1 aromatic carbocycles. The smallest absolute Gasteiger partial charge is 0.209 e. The molecular weight excluding hydrogens is 417 g/mol. The number of pyridine rings is 1. The molecule has 1 saturated heterocycles. The highest BCUT2D eigenvalue weighted by Crippen LogP contribution is 2.34. The number of benzene rings is 1. The van der Waals surface area contributed by atoms with Crippen LogP contribution < -0.4 is 9.62 Å². The highest BCUT2D eigenvalue weighted by Gasteiger charge is 2.38. The van der Waals surface area contributed by atoms with Crippen molar-refractivity contribution in [2.45, 2.75) is 56.2 Å². The fraction of sp³-hybridized carbons (Fsp3) is 0.522. The van der Waals surface area contributed by atoms with Gasteiger partial charge in [-0.25, -0.2) is 22.5 Å². The molecule has 0 radical (unpaired) electrons. The minimum absolute atomic E-state index is 0.134. The van der Waals surface area contributed by atoms with Crippen LogP contribution >= 0.6 is 0 Å². The Bertz CT molecular complexity index is 965. The summed E-state index contributed by atoms with van der Waals surface area (Å²) in [6.45, 7) is 0.861.